The lowest BCUT2D eigenvalue weighted by Crippen LogP contribution is -2.05. The summed E-state index contributed by atoms with van der Waals surface area (Å²) in [4.78, 5) is 15.5. The quantitative estimate of drug-likeness (QED) is 0.732. The molecule has 0 aromatic carbocycles. The predicted molar refractivity (Wildman–Crippen MR) is 64.3 cm³/mol. The van der Waals surface area contributed by atoms with Crippen LogP contribution in [0.15, 0.2) is 12.5 Å². The molecule has 0 fully saturated rings. The molecule has 5 nitrogen and oxygen atoms in total. The van der Waals surface area contributed by atoms with Crippen LogP contribution in [0.3, 0.4) is 0 Å². The fourth-order valence-corrected chi connectivity index (χ4v) is 1.57. The summed E-state index contributed by atoms with van der Waals surface area (Å²) in [6.07, 6.45) is 8.36. The van der Waals surface area contributed by atoms with E-state index in [9.17, 15) is 0 Å². The van der Waals surface area contributed by atoms with E-state index >= 15 is 0 Å². The molecule has 2 N–H and O–H groups in total. The lowest BCUT2D eigenvalue weighted by atomic mass is 10.2. The van der Waals surface area contributed by atoms with Crippen molar-refractivity contribution >= 4 is 17.1 Å². The number of nitrogens with zero attached hydrogens (tertiary/aromatic N) is 3. The molecule has 0 saturated heterocycles. The van der Waals surface area contributed by atoms with E-state index in [0.29, 0.717) is 11.6 Å². The smallest absolute Gasteiger partial charge is 0.224 e. The second-order valence-electron chi connectivity index (χ2n) is 3.82. The van der Waals surface area contributed by atoms with Crippen LogP contribution in [0, 0.1) is 0 Å². The standard InChI is InChI=1S/C11H17N5/c1-2-3-4-5-6-12-11-13-7-9-10(16-11)15-8-14-9/h7-8H,2-6H2,1H3,(H2,12,13,14,15,16). The van der Waals surface area contributed by atoms with Crippen molar-refractivity contribution in [3.8, 4) is 0 Å². The van der Waals surface area contributed by atoms with E-state index in [0.717, 1.165) is 18.5 Å². The minimum Gasteiger partial charge on any atom is -0.354 e. The average Bonchev–Trinajstić information content (AvgIpc) is 2.76. The molecule has 0 amide bonds. The van der Waals surface area contributed by atoms with Gasteiger partial charge in [-0.25, -0.2) is 9.97 Å². The van der Waals surface area contributed by atoms with Crippen LogP contribution in [-0.4, -0.2) is 26.5 Å². The summed E-state index contributed by atoms with van der Waals surface area (Å²) in [5.41, 5.74) is 1.59. The van der Waals surface area contributed by atoms with Crippen LogP contribution < -0.4 is 5.32 Å². The maximum atomic E-state index is 4.29. The maximum Gasteiger partial charge on any atom is 0.224 e. The highest BCUT2D eigenvalue weighted by Crippen LogP contribution is 2.07. The van der Waals surface area contributed by atoms with Gasteiger partial charge in [0, 0.05) is 6.54 Å². The highest BCUT2D eigenvalue weighted by Gasteiger charge is 2.00. The molecule has 2 aromatic heterocycles. The molecule has 0 saturated carbocycles. The normalized spacial score (nSPS) is 10.8. The number of unbranched alkanes of at least 4 members (excludes halogenated alkanes) is 3. The first kappa shape index (κ1) is 10.9. The molecule has 0 radical (unpaired) electrons. The van der Waals surface area contributed by atoms with Gasteiger partial charge in [-0.3, -0.25) is 0 Å². The molecule has 2 heterocycles. The SMILES string of the molecule is CCCCCCNc1ncc2[nH]cnc2n1. The van der Waals surface area contributed by atoms with Crippen molar-refractivity contribution in [3.05, 3.63) is 12.5 Å². The summed E-state index contributed by atoms with van der Waals surface area (Å²) in [7, 11) is 0. The predicted octanol–water partition coefficient (Wildman–Crippen LogP) is 2.35. The van der Waals surface area contributed by atoms with Gasteiger partial charge in [0.05, 0.1) is 12.5 Å². The minimum atomic E-state index is 0.663. The Labute approximate surface area is 94.7 Å². The summed E-state index contributed by atoms with van der Waals surface area (Å²) in [5, 5.41) is 3.21. The molecule has 0 unspecified atom stereocenters. The highest BCUT2D eigenvalue weighted by atomic mass is 15.1. The summed E-state index contributed by atoms with van der Waals surface area (Å²) in [5.74, 6) is 0.663. The van der Waals surface area contributed by atoms with E-state index in [1.54, 1.807) is 12.5 Å². The van der Waals surface area contributed by atoms with Gasteiger partial charge in [0.1, 0.15) is 5.52 Å². The van der Waals surface area contributed by atoms with Crippen LogP contribution in [0.2, 0.25) is 0 Å². The van der Waals surface area contributed by atoms with Crippen molar-refractivity contribution in [3.63, 3.8) is 0 Å². The third-order valence-corrected chi connectivity index (χ3v) is 2.49. The highest BCUT2D eigenvalue weighted by molar-refractivity contribution is 5.69. The van der Waals surface area contributed by atoms with Crippen LogP contribution in [0.1, 0.15) is 32.6 Å². The van der Waals surface area contributed by atoms with Gasteiger partial charge in [-0.2, -0.15) is 4.98 Å². The van der Waals surface area contributed by atoms with E-state index in [1.165, 1.54) is 19.3 Å². The zero-order chi connectivity index (χ0) is 11.2. The zero-order valence-corrected chi connectivity index (χ0v) is 9.53. The second kappa shape index (κ2) is 5.44. The number of aromatic amines is 1. The van der Waals surface area contributed by atoms with Crippen LogP contribution in [0.5, 0.6) is 0 Å². The fourth-order valence-electron chi connectivity index (χ4n) is 1.57. The van der Waals surface area contributed by atoms with Crippen LogP contribution >= 0.6 is 0 Å². The summed E-state index contributed by atoms with van der Waals surface area (Å²) in [6, 6.07) is 0. The van der Waals surface area contributed by atoms with E-state index in [-0.39, 0.29) is 0 Å². The first-order valence-corrected chi connectivity index (χ1v) is 5.80. The van der Waals surface area contributed by atoms with Gasteiger partial charge in [0.15, 0.2) is 5.65 Å². The second-order valence-corrected chi connectivity index (χ2v) is 3.82. The van der Waals surface area contributed by atoms with Gasteiger partial charge < -0.3 is 10.3 Å². The molecule has 0 atom stereocenters. The first-order valence-electron chi connectivity index (χ1n) is 5.80. The molecule has 86 valence electrons. The number of nitrogens with one attached hydrogen (secondary N) is 2. The largest absolute Gasteiger partial charge is 0.354 e. The van der Waals surface area contributed by atoms with Gasteiger partial charge in [0.25, 0.3) is 0 Å². The number of fused-ring (bicyclic) bond motifs is 1. The van der Waals surface area contributed by atoms with Gasteiger partial charge >= 0.3 is 0 Å². The molecule has 0 aliphatic heterocycles. The molecule has 0 aliphatic rings. The van der Waals surface area contributed by atoms with Crippen molar-refractivity contribution in [2.24, 2.45) is 0 Å². The van der Waals surface area contributed by atoms with Crippen LogP contribution in [0.4, 0.5) is 5.95 Å². The maximum absolute atomic E-state index is 4.29. The molecule has 2 rings (SSSR count). The third kappa shape index (κ3) is 2.68. The topological polar surface area (TPSA) is 66.5 Å². The molecule has 0 aliphatic carbocycles. The number of aromatic nitrogens is 4. The zero-order valence-electron chi connectivity index (χ0n) is 9.53. The van der Waals surface area contributed by atoms with E-state index in [2.05, 4.69) is 32.2 Å². The number of hydrogen-bond donors (Lipinski definition) is 2. The van der Waals surface area contributed by atoms with Crippen molar-refractivity contribution < 1.29 is 0 Å². The Bertz CT molecular complexity index is 437. The average molecular weight is 219 g/mol. The van der Waals surface area contributed by atoms with Crippen molar-refractivity contribution in [2.45, 2.75) is 32.6 Å². The van der Waals surface area contributed by atoms with Gasteiger partial charge in [0.2, 0.25) is 5.95 Å². The molecular weight excluding hydrogens is 202 g/mol. The Morgan fingerprint density at radius 2 is 2.19 bits per heavy atom. The van der Waals surface area contributed by atoms with Gasteiger partial charge in [-0.1, -0.05) is 26.2 Å². The summed E-state index contributed by atoms with van der Waals surface area (Å²) in [6.45, 7) is 3.14. The van der Waals surface area contributed by atoms with E-state index in [1.807, 2.05) is 0 Å². The summed E-state index contributed by atoms with van der Waals surface area (Å²) >= 11 is 0. The number of anilines is 1. The Morgan fingerprint density at radius 1 is 1.25 bits per heavy atom. The Balaban J connectivity index is 1.84. The van der Waals surface area contributed by atoms with Crippen LogP contribution in [0.25, 0.3) is 11.2 Å². The fraction of sp³-hybridized carbons (Fsp3) is 0.545. The molecule has 16 heavy (non-hydrogen) atoms. The minimum absolute atomic E-state index is 0.663. The van der Waals surface area contributed by atoms with Crippen molar-refractivity contribution in [1.29, 1.82) is 0 Å². The number of rotatable bonds is 6. The first-order chi connectivity index (χ1) is 7.90. The van der Waals surface area contributed by atoms with Crippen molar-refractivity contribution in [1.82, 2.24) is 19.9 Å². The lowest BCUT2D eigenvalue weighted by Gasteiger charge is -2.03. The molecule has 0 bridgehead atoms. The van der Waals surface area contributed by atoms with E-state index in [4.69, 9.17) is 0 Å². The Kier molecular flexibility index (Phi) is 3.69. The third-order valence-electron chi connectivity index (χ3n) is 2.49. The summed E-state index contributed by atoms with van der Waals surface area (Å²) < 4.78 is 0. The molecule has 0 spiro atoms. The van der Waals surface area contributed by atoms with E-state index < -0.39 is 0 Å². The van der Waals surface area contributed by atoms with Gasteiger partial charge in [-0.05, 0) is 6.42 Å². The monoisotopic (exact) mass is 219 g/mol. The number of hydrogen-bond acceptors (Lipinski definition) is 4. The molecular formula is C11H17N5. The molecule has 2 aromatic rings. The number of imidazole rings is 1. The number of H-pyrrole nitrogens is 1. The Morgan fingerprint density at radius 3 is 3.06 bits per heavy atom. The van der Waals surface area contributed by atoms with Crippen LogP contribution in [-0.2, 0) is 0 Å². The molecule has 5 heteroatoms. The van der Waals surface area contributed by atoms with Gasteiger partial charge in [-0.15, -0.1) is 0 Å². The lowest BCUT2D eigenvalue weighted by molar-refractivity contribution is 0.683. The Hall–Kier alpha value is -1.65. The van der Waals surface area contributed by atoms with Crippen molar-refractivity contribution in [2.75, 3.05) is 11.9 Å².